The lowest BCUT2D eigenvalue weighted by molar-refractivity contribution is -0.122. The van der Waals surface area contributed by atoms with Crippen LogP contribution in [0.15, 0.2) is 0 Å². The Labute approximate surface area is 190 Å². The van der Waals surface area contributed by atoms with Gasteiger partial charge in [-0.25, -0.2) is 4.79 Å². The highest BCUT2D eigenvalue weighted by molar-refractivity contribution is 6.27. The van der Waals surface area contributed by atoms with E-state index in [1.807, 2.05) is 0 Å². The van der Waals surface area contributed by atoms with Crippen LogP contribution in [-0.2, 0) is 28.5 Å². The van der Waals surface area contributed by atoms with Gasteiger partial charge in [-0.1, -0.05) is 0 Å². The van der Waals surface area contributed by atoms with E-state index in [4.69, 9.17) is 30.5 Å². The van der Waals surface area contributed by atoms with E-state index >= 15 is 0 Å². The van der Waals surface area contributed by atoms with E-state index in [9.17, 15) is 14.4 Å². The molecule has 0 unspecified atom stereocenters. The molecule has 0 aliphatic heterocycles. The number of nitrogens with one attached hydrogen (secondary N) is 2. The second-order valence-electron chi connectivity index (χ2n) is 7.71. The molecule has 0 atom stereocenters. The maximum Gasteiger partial charge on any atom is 0.410 e. The molecule has 3 amide bonds. The number of carbonyl (C=O) groups is 3. The van der Waals surface area contributed by atoms with Crippen molar-refractivity contribution < 1.29 is 33.3 Å². The number of hydrogen-bond donors (Lipinski definition) is 2. The summed E-state index contributed by atoms with van der Waals surface area (Å²) in [4.78, 5) is 35.8. The molecule has 0 rings (SSSR count). The van der Waals surface area contributed by atoms with Crippen molar-refractivity contribution in [1.29, 1.82) is 0 Å². The average molecular weight is 468 g/mol. The molecule has 0 aromatic carbocycles. The highest BCUT2D eigenvalue weighted by atomic mass is 35.5. The highest BCUT2D eigenvalue weighted by Gasteiger charge is 2.20. The van der Waals surface area contributed by atoms with Crippen LogP contribution in [0.2, 0.25) is 0 Å². The Hall–Kier alpha value is -1.62. The zero-order valence-corrected chi connectivity index (χ0v) is 19.9. The van der Waals surface area contributed by atoms with E-state index in [2.05, 4.69) is 10.6 Å². The van der Waals surface area contributed by atoms with Gasteiger partial charge in [0.15, 0.2) is 0 Å². The lowest BCUT2D eigenvalue weighted by Crippen LogP contribution is -2.41. The molecule has 2 N–H and O–H groups in total. The van der Waals surface area contributed by atoms with Crippen LogP contribution < -0.4 is 10.6 Å². The second-order valence-corrected chi connectivity index (χ2v) is 7.98. The van der Waals surface area contributed by atoms with Crippen LogP contribution in [0, 0.1) is 0 Å². The first-order chi connectivity index (χ1) is 14.7. The Morgan fingerprint density at radius 3 is 1.71 bits per heavy atom. The molecule has 0 aliphatic rings. The molecular weight excluding hydrogens is 430 g/mol. The molecule has 0 saturated heterocycles. The number of likely N-dealkylation sites (N-methyl/N-ethyl adjacent to an activating group) is 1. The summed E-state index contributed by atoms with van der Waals surface area (Å²) >= 11 is 5.36. The van der Waals surface area contributed by atoms with Gasteiger partial charge in [0.05, 0.1) is 26.4 Å². The molecule has 0 aromatic heterocycles. The molecule has 11 heteroatoms. The first kappa shape index (κ1) is 29.4. The standard InChI is InChI=1S/C20H38ClN3O7/c1-20(2,3)31-19(27)24(4)16-18(26)23-8-6-10-29-12-14-30-13-11-28-9-5-7-22-17(25)15-21/h5-16H2,1-4H3,(H,22,25)(H,23,26). The second kappa shape index (κ2) is 18.0. The van der Waals surface area contributed by atoms with Crippen LogP contribution in [0.25, 0.3) is 0 Å². The van der Waals surface area contributed by atoms with Gasteiger partial charge in [0.2, 0.25) is 11.8 Å². The van der Waals surface area contributed by atoms with Gasteiger partial charge in [0.1, 0.15) is 18.0 Å². The number of rotatable bonds is 17. The summed E-state index contributed by atoms with van der Waals surface area (Å²) in [5, 5.41) is 5.39. The predicted molar refractivity (Wildman–Crippen MR) is 117 cm³/mol. The third kappa shape index (κ3) is 20.1. The molecule has 0 spiro atoms. The molecule has 182 valence electrons. The SMILES string of the molecule is CN(CC(=O)NCCCOCCOCCOCCCNC(=O)CCl)C(=O)OC(C)(C)C. The summed E-state index contributed by atoms with van der Waals surface area (Å²) < 4.78 is 21.4. The number of hydrogen-bond acceptors (Lipinski definition) is 7. The number of carbonyl (C=O) groups excluding carboxylic acids is 3. The number of alkyl halides is 1. The molecule has 0 aliphatic carbocycles. The van der Waals surface area contributed by atoms with Gasteiger partial charge in [-0.3, -0.25) is 9.59 Å². The van der Waals surface area contributed by atoms with Crippen LogP contribution in [-0.4, -0.2) is 101 Å². The van der Waals surface area contributed by atoms with Gasteiger partial charge in [-0.15, -0.1) is 11.6 Å². The van der Waals surface area contributed by atoms with Crippen molar-refractivity contribution in [2.45, 2.75) is 39.2 Å². The Kier molecular flexibility index (Phi) is 17.1. The summed E-state index contributed by atoms with van der Waals surface area (Å²) in [6.07, 6.45) is 0.845. The van der Waals surface area contributed by atoms with Crippen molar-refractivity contribution in [2.24, 2.45) is 0 Å². The normalized spacial score (nSPS) is 11.1. The largest absolute Gasteiger partial charge is 0.444 e. The first-order valence-corrected chi connectivity index (χ1v) is 11.0. The number of halogens is 1. The van der Waals surface area contributed by atoms with Crippen molar-refractivity contribution in [1.82, 2.24) is 15.5 Å². The van der Waals surface area contributed by atoms with Gasteiger partial charge < -0.3 is 34.5 Å². The summed E-state index contributed by atoms with van der Waals surface area (Å²) in [7, 11) is 1.52. The van der Waals surface area contributed by atoms with Gasteiger partial charge in [0, 0.05) is 33.4 Å². The lowest BCUT2D eigenvalue weighted by Gasteiger charge is -2.24. The van der Waals surface area contributed by atoms with Gasteiger partial charge in [-0.2, -0.15) is 0 Å². The number of amides is 3. The van der Waals surface area contributed by atoms with Gasteiger partial charge >= 0.3 is 6.09 Å². The molecule has 0 bridgehead atoms. The van der Waals surface area contributed by atoms with Gasteiger partial charge in [0.25, 0.3) is 0 Å². The van der Waals surface area contributed by atoms with Crippen molar-refractivity contribution >= 4 is 29.5 Å². The van der Waals surface area contributed by atoms with Crippen molar-refractivity contribution in [2.75, 3.05) is 72.2 Å². The van der Waals surface area contributed by atoms with E-state index in [-0.39, 0.29) is 24.2 Å². The highest BCUT2D eigenvalue weighted by Crippen LogP contribution is 2.08. The van der Waals surface area contributed by atoms with E-state index in [0.29, 0.717) is 59.2 Å². The van der Waals surface area contributed by atoms with Crippen molar-refractivity contribution in [3.05, 3.63) is 0 Å². The minimum atomic E-state index is -0.597. The molecule has 0 fully saturated rings. The van der Waals surface area contributed by atoms with Crippen molar-refractivity contribution in [3.63, 3.8) is 0 Å². The Balaban J connectivity index is 3.41. The van der Waals surface area contributed by atoms with Crippen LogP contribution in [0.3, 0.4) is 0 Å². The van der Waals surface area contributed by atoms with E-state index in [1.54, 1.807) is 20.8 Å². The molecular formula is C20H38ClN3O7. The summed E-state index contributed by atoms with van der Waals surface area (Å²) in [5.41, 5.74) is -0.597. The molecule has 0 saturated carbocycles. The fraction of sp³-hybridized carbons (Fsp3) is 0.850. The fourth-order valence-corrected chi connectivity index (χ4v) is 2.16. The third-order valence-electron chi connectivity index (χ3n) is 3.53. The average Bonchev–Trinajstić information content (AvgIpc) is 2.69. The first-order valence-electron chi connectivity index (χ1n) is 10.4. The third-order valence-corrected chi connectivity index (χ3v) is 3.77. The molecule has 0 aromatic rings. The van der Waals surface area contributed by atoms with E-state index in [0.717, 1.165) is 6.42 Å². The van der Waals surface area contributed by atoms with Crippen LogP contribution in [0.5, 0.6) is 0 Å². The maximum absolute atomic E-state index is 11.8. The molecule has 31 heavy (non-hydrogen) atoms. The van der Waals surface area contributed by atoms with Crippen LogP contribution >= 0.6 is 11.6 Å². The number of nitrogens with zero attached hydrogens (tertiary/aromatic N) is 1. The summed E-state index contributed by atoms with van der Waals surface area (Å²) in [6, 6.07) is 0. The van der Waals surface area contributed by atoms with Crippen LogP contribution in [0.4, 0.5) is 4.79 Å². The van der Waals surface area contributed by atoms with Crippen LogP contribution in [0.1, 0.15) is 33.6 Å². The maximum atomic E-state index is 11.8. The predicted octanol–water partition coefficient (Wildman–Crippen LogP) is 1.15. The quantitative estimate of drug-likeness (QED) is 0.243. The van der Waals surface area contributed by atoms with Gasteiger partial charge in [-0.05, 0) is 33.6 Å². The lowest BCUT2D eigenvalue weighted by atomic mass is 10.2. The Bertz CT molecular complexity index is 515. The summed E-state index contributed by atoms with van der Waals surface area (Å²) in [5.74, 6) is -0.463. The van der Waals surface area contributed by atoms with Crippen molar-refractivity contribution in [3.8, 4) is 0 Å². The number of ether oxygens (including phenoxy) is 4. The fourth-order valence-electron chi connectivity index (χ4n) is 2.07. The molecule has 0 radical (unpaired) electrons. The Morgan fingerprint density at radius 2 is 1.26 bits per heavy atom. The Morgan fingerprint density at radius 1 is 0.806 bits per heavy atom. The topological polar surface area (TPSA) is 115 Å². The summed E-state index contributed by atoms with van der Waals surface area (Å²) in [6.45, 7) is 9.16. The zero-order chi connectivity index (χ0) is 23.5. The monoisotopic (exact) mass is 467 g/mol. The van der Waals surface area contributed by atoms with E-state index < -0.39 is 11.7 Å². The molecule has 10 nitrogen and oxygen atoms in total. The van der Waals surface area contributed by atoms with E-state index in [1.165, 1.54) is 11.9 Å². The zero-order valence-electron chi connectivity index (χ0n) is 19.2. The smallest absolute Gasteiger partial charge is 0.410 e. The molecule has 0 heterocycles. The minimum Gasteiger partial charge on any atom is -0.444 e. The minimum absolute atomic E-state index is 0.0289.